The van der Waals surface area contributed by atoms with Crippen molar-refractivity contribution in [1.82, 2.24) is 4.98 Å². The second-order valence-corrected chi connectivity index (χ2v) is 10.9. The van der Waals surface area contributed by atoms with Crippen LogP contribution >= 0.6 is 22.9 Å². The third-order valence-corrected chi connectivity index (χ3v) is 6.91. The Balaban J connectivity index is 1.66. The number of carbonyl (C=O) groups is 2. The number of hydrogen-bond acceptors (Lipinski definition) is 6. The van der Waals surface area contributed by atoms with Crippen LogP contribution in [-0.4, -0.2) is 30.8 Å². The maximum absolute atomic E-state index is 12.3. The van der Waals surface area contributed by atoms with Crippen molar-refractivity contribution in [3.8, 4) is 0 Å². The highest BCUT2D eigenvalue weighted by Gasteiger charge is 2.34. The number of aromatic nitrogens is 1. The van der Waals surface area contributed by atoms with Gasteiger partial charge in [-0.25, -0.2) is 13.4 Å². The van der Waals surface area contributed by atoms with E-state index in [9.17, 15) is 18.0 Å². The van der Waals surface area contributed by atoms with Crippen molar-refractivity contribution in [3.05, 3.63) is 45.4 Å². The van der Waals surface area contributed by atoms with Gasteiger partial charge in [0.1, 0.15) is 5.75 Å². The highest BCUT2D eigenvalue weighted by Crippen LogP contribution is 2.38. The minimum Gasteiger partial charge on any atom is -0.301 e. The van der Waals surface area contributed by atoms with E-state index in [1.54, 1.807) is 24.3 Å². The van der Waals surface area contributed by atoms with Crippen LogP contribution in [0.5, 0.6) is 0 Å². The van der Waals surface area contributed by atoms with Crippen LogP contribution in [0.25, 0.3) is 0 Å². The molecule has 6 nitrogen and oxygen atoms in total. The lowest BCUT2D eigenvalue weighted by Crippen LogP contribution is -2.26. The summed E-state index contributed by atoms with van der Waals surface area (Å²) >= 11 is 6.89. The molecule has 27 heavy (non-hydrogen) atoms. The lowest BCUT2D eigenvalue weighted by Gasteiger charge is -2.26. The van der Waals surface area contributed by atoms with Crippen molar-refractivity contribution in [2.24, 2.45) is 5.41 Å². The zero-order valence-corrected chi connectivity index (χ0v) is 17.3. The van der Waals surface area contributed by atoms with E-state index in [1.807, 2.05) is 13.8 Å². The number of amides is 1. The Hall–Kier alpha value is -1.77. The van der Waals surface area contributed by atoms with Gasteiger partial charge in [-0.2, -0.15) is 0 Å². The lowest BCUT2D eigenvalue weighted by molar-refractivity contribution is -0.113. The molecule has 1 heterocycles. The van der Waals surface area contributed by atoms with E-state index < -0.39 is 21.5 Å². The zero-order valence-electron chi connectivity index (χ0n) is 14.9. The molecule has 0 fully saturated rings. The van der Waals surface area contributed by atoms with E-state index in [2.05, 4.69) is 10.3 Å². The molecule has 0 radical (unpaired) electrons. The number of ketones is 1. The number of carbonyl (C=O) groups excluding carboxylic acids is 2. The number of nitrogens with zero attached hydrogens (tertiary/aromatic N) is 1. The summed E-state index contributed by atoms with van der Waals surface area (Å²) in [6, 6.07) is 6.43. The molecular formula is C18H19ClN2O4S2. The van der Waals surface area contributed by atoms with E-state index in [4.69, 9.17) is 11.6 Å². The maximum atomic E-state index is 12.3. The molecular weight excluding hydrogens is 408 g/mol. The van der Waals surface area contributed by atoms with Crippen LogP contribution < -0.4 is 5.32 Å². The van der Waals surface area contributed by atoms with E-state index in [0.29, 0.717) is 34.0 Å². The molecule has 1 N–H and O–H groups in total. The molecule has 1 amide bonds. The summed E-state index contributed by atoms with van der Waals surface area (Å²) < 4.78 is 24.5. The Kier molecular flexibility index (Phi) is 5.42. The number of Topliss-reactive ketones (excluding diaryl/α,β-unsaturated/α-hetero) is 1. The molecule has 1 aromatic carbocycles. The first kappa shape index (κ1) is 20.0. The molecule has 1 aliphatic rings. The number of rotatable bonds is 5. The van der Waals surface area contributed by atoms with Crippen LogP contribution in [0.15, 0.2) is 24.3 Å². The predicted molar refractivity (Wildman–Crippen MR) is 106 cm³/mol. The highest BCUT2D eigenvalue weighted by molar-refractivity contribution is 7.91. The topological polar surface area (TPSA) is 93.2 Å². The van der Waals surface area contributed by atoms with Gasteiger partial charge in [0.2, 0.25) is 5.91 Å². The Morgan fingerprint density at radius 1 is 1.26 bits per heavy atom. The molecule has 144 valence electrons. The molecule has 3 rings (SSSR count). The van der Waals surface area contributed by atoms with Gasteiger partial charge < -0.3 is 5.32 Å². The number of benzene rings is 1. The van der Waals surface area contributed by atoms with Crippen molar-refractivity contribution in [2.75, 3.05) is 11.1 Å². The summed E-state index contributed by atoms with van der Waals surface area (Å²) in [7, 11) is -3.64. The van der Waals surface area contributed by atoms with Crippen molar-refractivity contribution >= 4 is 49.6 Å². The van der Waals surface area contributed by atoms with Gasteiger partial charge in [0.15, 0.2) is 20.8 Å². The molecule has 0 spiro atoms. The Morgan fingerprint density at radius 2 is 1.93 bits per heavy atom. The van der Waals surface area contributed by atoms with E-state index in [-0.39, 0.29) is 22.1 Å². The van der Waals surface area contributed by atoms with E-state index in [1.165, 1.54) is 0 Å². The lowest BCUT2D eigenvalue weighted by atomic mass is 9.78. The second-order valence-electron chi connectivity index (χ2n) is 7.44. The summed E-state index contributed by atoms with van der Waals surface area (Å²) in [4.78, 5) is 29.2. The Morgan fingerprint density at radius 3 is 2.59 bits per heavy atom. The first-order chi connectivity index (χ1) is 12.5. The highest BCUT2D eigenvalue weighted by atomic mass is 35.5. The zero-order chi connectivity index (χ0) is 19.8. The smallest absolute Gasteiger partial charge is 0.241 e. The number of thiazole rings is 1. The second kappa shape index (κ2) is 7.33. The minimum atomic E-state index is -3.64. The number of anilines is 1. The van der Waals surface area contributed by atoms with Crippen molar-refractivity contribution < 1.29 is 18.0 Å². The normalized spacial score (nSPS) is 16.0. The Labute approximate surface area is 166 Å². The fourth-order valence-electron chi connectivity index (χ4n) is 3.01. The van der Waals surface area contributed by atoms with Crippen LogP contribution in [0.2, 0.25) is 5.02 Å². The van der Waals surface area contributed by atoms with E-state index >= 15 is 0 Å². The van der Waals surface area contributed by atoms with Gasteiger partial charge in [-0.1, -0.05) is 48.9 Å². The standard InChI is InChI=1S/C18H19ClN2O4S2/c1-18(2)7-13-16(14(22)8-18)26-17(20-13)21-15(23)10-27(24,25)9-11-3-5-12(19)6-4-11/h3-6H,7-10H2,1-2H3,(H,20,21,23). The molecule has 0 saturated carbocycles. The minimum absolute atomic E-state index is 0.00890. The summed E-state index contributed by atoms with van der Waals surface area (Å²) in [5.41, 5.74) is 1.06. The van der Waals surface area contributed by atoms with Crippen molar-refractivity contribution in [3.63, 3.8) is 0 Å². The fourth-order valence-corrected chi connectivity index (χ4v) is 5.35. The molecule has 0 atom stereocenters. The van der Waals surface area contributed by atoms with Crippen LogP contribution in [0.3, 0.4) is 0 Å². The summed E-state index contributed by atoms with van der Waals surface area (Å²) in [5.74, 6) is -1.56. The third-order valence-electron chi connectivity index (χ3n) is 4.13. The van der Waals surface area contributed by atoms with Crippen LogP contribution in [-0.2, 0) is 26.8 Å². The molecule has 0 saturated heterocycles. The number of fused-ring (bicyclic) bond motifs is 1. The Bertz CT molecular complexity index is 995. The molecule has 0 unspecified atom stereocenters. The number of halogens is 1. The quantitative estimate of drug-likeness (QED) is 0.789. The van der Waals surface area contributed by atoms with Gasteiger partial charge in [-0.3, -0.25) is 9.59 Å². The van der Waals surface area contributed by atoms with Gasteiger partial charge >= 0.3 is 0 Å². The van der Waals surface area contributed by atoms with Crippen LogP contribution in [0.1, 0.15) is 41.2 Å². The predicted octanol–water partition coefficient (Wildman–Crippen LogP) is 3.51. The van der Waals surface area contributed by atoms with E-state index in [0.717, 1.165) is 11.3 Å². The molecule has 1 aliphatic carbocycles. The van der Waals surface area contributed by atoms with Gasteiger partial charge in [0.05, 0.1) is 16.3 Å². The molecule has 0 aliphatic heterocycles. The monoisotopic (exact) mass is 426 g/mol. The maximum Gasteiger partial charge on any atom is 0.241 e. The molecule has 9 heteroatoms. The fraction of sp³-hybridized carbons (Fsp3) is 0.389. The van der Waals surface area contributed by atoms with Gasteiger partial charge in [0, 0.05) is 11.4 Å². The SMILES string of the molecule is CC1(C)CC(=O)c2sc(NC(=O)CS(=O)(=O)Cc3ccc(Cl)cc3)nc2C1. The van der Waals surface area contributed by atoms with Crippen molar-refractivity contribution in [1.29, 1.82) is 0 Å². The summed E-state index contributed by atoms with van der Waals surface area (Å²) in [6.45, 7) is 3.99. The number of hydrogen-bond donors (Lipinski definition) is 1. The van der Waals surface area contributed by atoms with Gasteiger partial charge in [-0.05, 0) is 29.5 Å². The van der Waals surface area contributed by atoms with Crippen LogP contribution in [0.4, 0.5) is 5.13 Å². The molecule has 1 aromatic heterocycles. The largest absolute Gasteiger partial charge is 0.301 e. The van der Waals surface area contributed by atoms with Gasteiger partial charge in [0.25, 0.3) is 0 Å². The first-order valence-electron chi connectivity index (χ1n) is 8.31. The van der Waals surface area contributed by atoms with Crippen molar-refractivity contribution in [2.45, 2.75) is 32.4 Å². The van der Waals surface area contributed by atoms with Gasteiger partial charge in [-0.15, -0.1) is 0 Å². The first-order valence-corrected chi connectivity index (χ1v) is 11.3. The van der Waals surface area contributed by atoms with Crippen LogP contribution in [0, 0.1) is 5.41 Å². The molecule has 0 bridgehead atoms. The average Bonchev–Trinajstić information content (AvgIpc) is 2.89. The summed E-state index contributed by atoms with van der Waals surface area (Å²) in [6.07, 6.45) is 1.08. The molecule has 2 aromatic rings. The number of nitrogens with one attached hydrogen (secondary N) is 1. The average molecular weight is 427 g/mol. The third kappa shape index (κ3) is 5.15. The summed E-state index contributed by atoms with van der Waals surface area (Å²) in [5, 5.41) is 3.29. The number of sulfone groups is 1.